The predicted octanol–water partition coefficient (Wildman–Crippen LogP) is 4.13. The van der Waals surface area contributed by atoms with Crippen molar-refractivity contribution in [2.75, 3.05) is 5.73 Å². The maximum Gasteiger partial charge on any atom is 0.180 e. The monoisotopic (exact) mass is 246 g/mol. The van der Waals surface area contributed by atoms with Gasteiger partial charge in [0.15, 0.2) is 5.13 Å². The van der Waals surface area contributed by atoms with E-state index in [9.17, 15) is 0 Å². The van der Waals surface area contributed by atoms with Crippen LogP contribution in [0.2, 0.25) is 0 Å². The van der Waals surface area contributed by atoms with E-state index in [1.807, 2.05) is 0 Å². The Morgan fingerprint density at radius 3 is 2.53 bits per heavy atom. The summed E-state index contributed by atoms with van der Waals surface area (Å²) in [6.45, 7) is 8.59. The number of aryl methyl sites for hydroxylation is 2. The van der Waals surface area contributed by atoms with E-state index >= 15 is 0 Å². The van der Waals surface area contributed by atoms with Crippen molar-refractivity contribution >= 4 is 16.5 Å². The van der Waals surface area contributed by atoms with Crippen LogP contribution in [0.5, 0.6) is 0 Å². The molecule has 0 spiro atoms. The molecule has 0 fully saturated rings. The van der Waals surface area contributed by atoms with Crippen LogP contribution >= 0.6 is 11.3 Å². The normalized spacial score (nSPS) is 11.1. The molecule has 0 aliphatic rings. The molecular formula is C14H18N2S. The molecule has 0 radical (unpaired) electrons. The number of benzene rings is 1. The third-order valence-electron chi connectivity index (χ3n) is 2.83. The Labute approximate surface area is 107 Å². The van der Waals surface area contributed by atoms with Crippen LogP contribution in [-0.2, 0) is 0 Å². The second-order valence-corrected chi connectivity index (χ2v) is 5.80. The summed E-state index contributed by atoms with van der Waals surface area (Å²) >= 11 is 1.60. The first kappa shape index (κ1) is 12.1. The molecule has 0 bridgehead atoms. The van der Waals surface area contributed by atoms with Gasteiger partial charge in [0.2, 0.25) is 0 Å². The number of thiazole rings is 1. The first-order valence-corrected chi connectivity index (χ1v) is 6.64. The van der Waals surface area contributed by atoms with Gasteiger partial charge in [-0.3, -0.25) is 0 Å². The second-order valence-electron chi connectivity index (χ2n) is 4.74. The minimum absolute atomic E-state index is 0.459. The Bertz CT molecular complexity index is 541. The summed E-state index contributed by atoms with van der Waals surface area (Å²) in [5.74, 6) is 0.459. The lowest BCUT2D eigenvalue weighted by Crippen LogP contribution is -1.91. The fourth-order valence-corrected chi connectivity index (χ4v) is 2.86. The molecule has 2 aromatic rings. The van der Waals surface area contributed by atoms with Gasteiger partial charge >= 0.3 is 0 Å². The van der Waals surface area contributed by atoms with Gasteiger partial charge in [0.05, 0.1) is 5.69 Å². The number of nitrogens with zero attached hydrogens (tertiary/aromatic N) is 1. The van der Waals surface area contributed by atoms with Crippen LogP contribution in [0.1, 0.15) is 35.8 Å². The van der Waals surface area contributed by atoms with Gasteiger partial charge in [-0.1, -0.05) is 37.6 Å². The van der Waals surface area contributed by atoms with Crippen molar-refractivity contribution in [3.8, 4) is 11.3 Å². The maximum atomic E-state index is 5.84. The molecule has 90 valence electrons. The number of hydrogen-bond donors (Lipinski definition) is 1. The predicted molar refractivity (Wildman–Crippen MR) is 75.5 cm³/mol. The van der Waals surface area contributed by atoms with Gasteiger partial charge in [-0.2, -0.15) is 0 Å². The van der Waals surface area contributed by atoms with Crippen LogP contribution in [0.25, 0.3) is 11.3 Å². The number of aromatic nitrogens is 1. The van der Waals surface area contributed by atoms with E-state index in [-0.39, 0.29) is 0 Å². The Kier molecular flexibility index (Phi) is 3.20. The Hall–Kier alpha value is -1.35. The molecule has 3 heteroatoms. The van der Waals surface area contributed by atoms with E-state index in [1.165, 1.54) is 21.6 Å². The summed E-state index contributed by atoms with van der Waals surface area (Å²) in [4.78, 5) is 5.76. The number of rotatable bonds is 2. The largest absolute Gasteiger partial charge is 0.375 e. The highest BCUT2D eigenvalue weighted by molar-refractivity contribution is 7.15. The lowest BCUT2D eigenvalue weighted by atomic mass is 10.00. The van der Waals surface area contributed by atoms with Crippen molar-refractivity contribution < 1.29 is 0 Å². The van der Waals surface area contributed by atoms with Crippen molar-refractivity contribution in [1.82, 2.24) is 4.98 Å². The highest BCUT2D eigenvalue weighted by Crippen LogP contribution is 2.36. The van der Waals surface area contributed by atoms with Crippen LogP contribution in [0.4, 0.5) is 5.13 Å². The van der Waals surface area contributed by atoms with E-state index in [1.54, 1.807) is 11.3 Å². The van der Waals surface area contributed by atoms with Crippen LogP contribution in [0, 0.1) is 13.8 Å². The highest BCUT2D eigenvalue weighted by Gasteiger charge is 2.15. The molecule has 2 nitrogen and oxygen atoms in total. The average molecular weight is 246 g/mol. The van der Waals surface area contributed by atoms with Gasteiger partial charge in [0.1, 0.15) is 0 Å². The average Bonchev–Trinajstić information content (AvgIpc) is 2.60. The van der Waals surface area contributed by atoms with E-state index < -0.39 is 0 Å². The summed E-state index contributed by atoms with van der Waals surface area (Å²) in [6, 6.07) is 6.46. The smallest absolute Gasteiger partial charge is 0.180 e. The summed E-state index contributed by atoms with van der Waals surface area (Å²) in [5, 5.41) is 0.656. The van der Waals surface area contributed by atoms with E-state index in [4.69, 9.17) is 5.73 Å². The molecule has 0 unspecified atom stereocenters. The maximum absolute atomic E-state index is 5.84. The van der Waals surface area contributed by atoms with Crippen LogP contribution in [-0.4, -0.2) is 4.98 Å². The van der Waals surface area contributed by atoms with Crippen molar-refractivity contribution in [1.29, 1.82) is 0 Å². The minimum Gasteiger partial charge on any atom is -0.375 e. The number of nitrogen functional groups attached to an aromatic ring is 1. The first-order chi connectivity index (χ1) is 7.99. The standard InChI is InChI=1S/C14H18N2S/c1-8(2)13-12(16-14(15)17-13)11-6-5-9(3)7-10(11)4/h5-8H,1-4H3,(H2,15,16). The summed E-state index contributed by atoms with van der Waals surface area (Å²) in [5.41, 5.74) is 10.6. The molecule has 0 atom stereocenters. The number of nitrogens with two attached hydrogens (primary N) is 1. The Balaban J connectivity index is 2.59. The zero-order valence-electron chi connectivity index (χ0n) is 10.7. The van der Waals surface area contributed by atoms with Gasteiger partial charge in [-0.25, -0.2) is 4.98 Å². The molecule has 17 heavy (non-hydrogen) atoms. The van der Waals surface area contributed by atoms with Gasteiger partial charge in [-0.15, -0.1) is 11.3 Å². The first-order valence-electron chi connectivity index (χ1n) is 5.83. The lowest BCUT2D eigenvalue weighted by molar-refractivity contribution is 0.888. The number of anilines is 1. The third kappa shape index (κ3) is 2.34. The molecule has 0 aliphatic heterocycles. The molecule has 0 saturated carbocycles. The fourth-order valence-electron chi connectivity index (χ4n) is 2.01. The highest BCUT2D eigenvalue weighted by atomic mass is 32.1. The van der Waals surface area contributed by atoms with E-state index in [0.717, 1.165) is 5.69 Å². The number of hydrogen-bond acceptors (Lipinski definition) is 3. The fraction of sp³-hybridized carbons (Fsp3) is 0.357. The minimum atomic E-state index is 0.459. The van der Waals surface area contributed by atoms with Crippen LogP contribution in [0.15, 0.2) is 18.2 Å². The second kappa shape index (κ2) is 4.49. The zero-order valence-corrected chi connectivity index (χ0v) is 11.6. The summed E-state index contributed by atoms with van der Waals surface area (Å²) in [7, 11) is 0. The van der Waals surface area contributed by atoms with Crippen molar-refractivity contribution in [2.24, 2.45) is 0 Å². The zero-order chi connectivity index (χ0) is 12.6. The van der Waals surface area contributed by atoms with Crippen LogP contribution < -0.4 is 5.73 Å². The van der Waals surface area contributed by atoms with Crippen LogP contribution in [0.3, 0.4) is 0 Å². The topological polar surface area (TPSA) is 38.9 Å². The molecular weight excluding hydrogens is 228 g/mol. The van der Waals surface area contributed by atoms with Crippen molar-refractivity contribution in [3.63, 3.8) is 0 Å². The molecule has 1 aromatic heterocycles. The van der Waals surface area contributed by atoms with Gasteiger partial charge in [0.25, 0.3) is 0 Å². The van der Waals surface area contributed by atoms with Crippen molar-refractivity contribution in [3.05, 3.63) is 34.2 Å². The molecule has 1 heterocycles. The lowest BCUT2D eigenvalue weighted by Gasteiger charge is -2.08. The quantitative estimate of drug-likeness (QED) is 0.865. The Morgan fingerprint density at radius 2 is 1.94 bits per heavy atom. The van der Waals surface area contributed by atoms with Gasteiger partial charge in [-0.05, 0) is 25.3 Å². The molecule has 0 saturated heterocycles. The molecule has 2 rings (SSSR count). The molecule has 0 amide bonds. The molecule has 0 aliphatic carbocycles. The molecule has 2 N–H and O–H groups in total. The van der Waals surface area contributed by atoms with E-state index in [2.05, 4.69) is 50.9 Å². The summed E-state index contributed by atoms with van der Waals surface area (Å²) < 4.78 is 0. The SMILES string of the molecule is Cc1ccc(-c2nc(N)sc2C(C)C)c(C)c1. The summed E-state index contributed by atoms with van der Waals surface area (Å²) in [6.07, 6.45) is 0. The third-order valence-corrected chi connectivity index (χ3v) is 4.02. The van der Waals surface area contributed by atoms with Gasteiger partial charge in [0, 0.05) is 10.4 Å². The molecule has 1 aromatic carbocycles. The van der Waals surface area contributed by atoms with E-state index in [0.29, 0.717) is 11.0 Å². The Morgan fingerprint density at radius 1 is 1.24 bits per heavy atom. The van der Waals surface area contributed by atoms with Gasteiger partial charge < -0.3 is 5.73 Å². The van der Waals surface area contributed by atoms with Crippen molar-refractivity contribution in [2.45, 2.75) is 33.6 Å².